The molecule has 0 bridgehead atoms. The molecule has 0 radical (unpaired) electrons. The molecule has 0 aromatic carbocycles. The Balaban J connectivity index is 2.31. The zero-order valence-corrected chi connectivity index (χ0v) is 12.9. The maximum atomic E-state index is 12.0. The number of unbranched alkanes of at least 4 members (excludes halogenated alkanes) is 1. The first-order valence-electron chi connectivity index (χ1n) is 7.48. The molecule has 1 fully saturated rings. The minimum Gasteiger partial charge on any atom is -0.444 e. The van der Waals surface area contributed by atoms with Gasteiger partial charge in [-0.25, -0.2) is 4.79 Å². The molecule has 1 aliphatic rings. The van der Waals surface area contributed by atoms with E-state index in [1.165, 1.54) is 0 Å². The lowest BCUT2D eigenvalue weighted by Crippen LogP contribution is -2.43. The number of nitrogens with zero attached hydrogens (tertiary/aromatic N) is 1. The molecule has 19 heavy (non-hydrogen) atoms. The summed E-state index contributed by atoms with van der Waals surface area (Å²) in [7, 11) is 0. The van der Waals surface area contributed by atoms with E-state index in [0.29, 0.717) is 5.92 Å². The smallest absolute Gasteiger partial charge is 0.410 e. The van der Waals surface area contributed by atoms with E-state index >= 15 is 0 Å². The standard InChI is InChI=1S/C15H29NO3/c1-5-6-10-18-12-13-8-7-9-16(11-13)14(17)19-15(2,3)4/h13H,5-12H2,1-4H3. The van der Waals surface area contributed by atoms with E-state index in [1.807, 2.05) is 25.7 Å². The highest BCUT2D eigenvalue weighted by molar-refractivity contribution is 5.68. The van der Waals surface area contributed by atoms with Gasteiger partial charge in [0.05, 0.1) is 6.61 Å². The predicted octanol–water partition coefficient (Wildman–Crippen LogP) is 3.45. The van der Waals surface area contributed by atoms with Crippen LogP contribution in [0.25, 0.3) is 0 Å². The molecular formula is C15H29NO3. The maximum Gasteiger partial charge on any atom is 0.410 e. The van der Waals surface area contributed by atoms with E-state index in [2.05, 4.69) is 6.92 Å². The van der Waals surface area contributed by atoms with Gasteiger partial charge in [-0.15, -0.1) is 0 Å². The summed E-state index contributed by atoms with van der Waals surface area (Å²) in [5.74, 6) is 0.457. The highest BCUT2D eigenvalue weighted by atomic mass is 16.6. The van der Waals surface area contributed by atoms with Crippen molar-refractivity contribution < 1.29 is 14.3 Å². The number of carbonyl (C=O) groups is 1. The van der Waals surface area contributed by atoms with Gasteiger partial charge in [0.2, 0.25) is 0 Å². The van der Waals surface area contributed by atoms with Gasteiger partial charge in [-0.3, -0.25) is 0 Å². The van der Waals surface area contributed by atoms with Crippen molar-refractivity contribution in [3.63, 3.8) is 0 Å². The zero-order valence-electron chi connectivity index (χ0n) is 12.9. The quantitative estimate of drug-likeness (QED) is 0.719. The highest BCUT2D eigenvalue weighted by Gasteiger charge is 2.27. The Labute approximate surface area is 117 Å². The third-order valence-corrected chi connectivity index (χ3v) is 3.17. The van der Waals surface area contributed by atoms with Crippen LogP contribution in [0.4, 0.5) is 4.79 Å². The molecule has 4 nitrogen and oxygen atoms in total. The Morgan fingerprint density at radius 1 is 1.37 bits per heavy atom. The number of rotatable bonds is 5. The van der Waals surface area contributed by atoms with Crippen LogP contribution in [0.3, 0.4) is 0 Å². The van der Waals surface area contributed by atoms with Crippen LogP contribution in [0, 0.1) is 5.92 Å². The second kappa shape index (κ2) is 7.73. The molecular weight excluding hydrogens is 242 g/mol. The molecule has 1 unspecified atom stereocenters. The number of amides is 1. The third kappa shape index (κ3) is 6.81. The maximum absolute atomic E-state index is 12.0. The minimum atomic E-state index is -0.415. The third-order valence-electron chi connectivity index (χ3n) is 3.17. The molecule has 112 valence electrons. The molecule has 1 rings (SSSR count). The molecule has 1 aliphatic heterocycles. The Morgan fingerprint density at radius 3 is 2.74 bits per heavy atom. The summed E-state index contributed by atoms with van der Waals surface area (Å²) >= 11 is 0. The Morgan fingerprint density at radius 2 is 2.11 bits per heavy atom. The van der Waals surface area contributed by atoms with Gasteiger partial charge in [0.15, 0.2) is 0 Å². The molecule has 0 aromatic rings. The van der Waals surface area contributed by atoms with Gasteiger partial charge in [0.25, 0.3) is 0 Å². The summed E-state index contributed by atoms with van der Waals surface area (Å²) < 4.78 is 11.1. The number of piperidine rings is 1. The van der Waals surface area contributed by atoms with Crippen LogP contribution < -0.4 is 0 Å². The van der Waals surface area contributed by atoms with Crippen molar-refractivity contribution in [2.24, 2.45) is 5.92 Å². The molecule has 1 saturated heterocycles. The van der Waals surface area contributed by atoms with E-state index < -0.39 is 5.60 Å². The molecule has 4 heteroatoms. The van der Waals surface area contributed by atoms with Crippen LogP contribution in [0.1, 0.15) is 53.4 Å². The fourth-order valence-electron chi connectivity index (χ4n) is 2.19. The average molecular weight is 271 g/mol. The lowest BCUT2D eigenvalue weighted by molar-refractivity contribution is 0.00737. The molecule has 0 N–H and O–H groups in total. The first-order valence-corrected chi connectivity index (χ1v) is 7.48. The van der Waals surface area contributed by atoms with Crippen LogP contribution >= 0.6 is 0 Å². The lowest BCUT2D eigenvalue weighted by Gasteiger charge is -2.34. The normalized spacial score (nSPS) is 20.4. The fourth-order valence-corrected chi connectivity index (χ4v) is 2.19. The monoisotopic (exact) mass is 271 g/mol. The van der Waals surface area contributed by atoms with Gasteiger partial charge in [-0.05, 0) is 40.0 Å². The van der Waals surface area contributed by atoms with Crippen molar-refractivity contribution in [1.82, 2.24) is 4.90 Å². The Bertz CT molecular complexity index is 273. The molecule has 0 aromatic heterocycles. The summed E-state index contributed by atoms with van der Waals surface area (Å²) in [6, 6.07) is 0. The fraction of sp³-hybridized carbons (Fsp3) is 0.933. The predicted molar refractivity (Wildman–Crippen MR) is 76.3 cm³/mol. The summed E-state index contributed by atoms with van der Waals surface area (Å²) in [6.45, 7) is 11.0. The SMILES string of the molecule is CCCCOCC1CCCN(C(=O)OC(C)(C)C)C1. The van der Waals surface area contributed by atoms with Gasteiger partial charge >= 0.3 is 6.09 Å². The van der Waals surface area contributed by atoms with Gasteiger partial charge in [0.1, 0.15) is 5.60 Å². The summed E-state index contributed by atoms with van der Waals surface area (Å²) in [6.07, 6.45) is 4.27. The number of hydrogen-bond acceptors (Lipinski definition) is 3. The molecule has 0 saturated carbocycles. The molecule has 1 amide bonds. The number of carbonyl (C=O) groups excluding carboxylic acids is 1. The average Bonchev–Trinajstić information content (AvgIpc) is 2.33. The minimum absolute atomic E-state index is 0.189. The second-order valence-corrected chi connectivity index (χ2v) is 6.36. The van der Waals surface area contributed by atoms with Crippen LogP contribution in [0.5, 0.6) is 0 Å². The summed E-state index contributed by atoms with van der Waals surface area (Å²) in [5.41, 5.74) is -0.415. The van der Waals surface area contributed by atoms with Crippen LogP contribution in [0.15, 0.2) is 0 Å². The van der Waals surface area contributed by atoms with Crippen molar-refractivity contribution in [3.05, 3.63) is 0 Å². The van der Waals surface area contributed by atoms with Crippen LogP contribution in [0.2, 0.25) is 0 Å². The number of likely N-dealkylation sites (tertiary alicyclic amines) is 1. The van der Waals surface area contributed by atoms with E-state index in [0.717, 1.165) is 52.0 Å². The van der Waals surface area contributed by atoms with Crippen LogP contribution in [-0.2, 0) is 9.47 Å². The van der Waals surface area contributed by atoms with Gasteiger partial charge < -0.3 is 14.4 Å². The zero-order chi connectivity index (χ0) is 14.3. The Kier molecular flexibility index (Phi) is 6.63. The highest BCUT2D eigenvalue weighted by Crippen LogP contribution is 2.19. The number of hydrogen-bond donors (Lipinski definition) is 0. The van der Waals surface area contributed by atoms with Gasteiger partial charge in [-0.2, -0.15) is 0 Å². The van der Waals surface area contributed by atoms with E-state index in [1.54, 1.807) is 0 Å². The van der Waals surface area contributed by atoms with E-state index in [9.17, 15) is 4.79 Å². The first-order chi connectivity index (χ1) is 8.92. The molecule has 0 aliphatic carbocycles. The first kappa shape index (κ1) is 16.3. The van der Waals surface area contributed by atoms with Crippen molar-refractivity contribution in [2.75, 3.05) is 26.3 Å². The molecule has 0 spiro atoms. The van der Waals surface area contributed by atoms with Crippen molar-refractivity contribution in [3.8, 4) is 0 Å². The molecule has 1 atom stereocenters. The van der Waals surface area contributed by atoms with Crippen molar-refractivity contribution >= 4 is 6.09 Å². The van der Waals surface area contributed by atoms with Crippen molar-refractivity contribution in [1.29, 1.82) is 0 Å². The Hall–Kier alpha value is -0.770. The van der Waals surface area contributed by atoms with Gasteiger partial charge in [0, 0.05) is 25.6 Å². The molecule has 1 heterocycles. The lowest BCUT2D eigenvalue weighted by atomic mass is 9.99. The summed E-state index contributed by atoms with van der Waals surface area (Å²) in [4.78, 5) is 13.8. The summed E-state index contributed by atoms with van der Waals surface area (Å²) in [5, 5.41) is 0. The van der Waals surface area contributed by atoms with Crippen LogP contribution in [-0.4, -0.2) is 42.9 Å². The second-order valence-electron chi connectivity index (χ2n) is 6.36. The number of ether oxygens (including phenoxy) is 2. The van der Waals surface area contributed by atoms with E-state index in [4.69, 9.17) is 9.47 Å². The van der Waals surface area contributed by atoms with Crippen molar-refractivity contribution in [2.45, 2.75) is 59.0 Å². The topological polar surface area (TPSA) is 38.8 Å². The van der Waals surface area contributed by atoms with Gasteiger partial charge in [-0.1, -0.05) is 13.3 Å². The largest absolute Gasteiger partial charge is 0.444 e. The van der Waals surface area contributed by atoms with E-state index in [-0.39, 0.29) is 6.09 Å².